The lowest BCUT2D eigenvalue weighted by Gasteiger charge is -2.12. The minimum Gasteiger partial charge on any atom is -0.497 e. The Kier molecular flexibility index (Phi) is 4.25. The van der Waals surface area contributed by atoms with Gasteiger partial charge in [0.1, 0.15) is 22.9 Å². The SMILES string of the molecule is COc1cccc(-n2nnc(CO)c2-c2ccccc2OC)c1. The zero-order chi connectivity index (χ0) is 16.2. The molecule has 0 amide bonds. The molecule has 0 atom stereocenters. The molecule has 118 valence electrons. The lowest BCUT2D eigenvalue weighted by molar-refractivity contribution is 0.277. The van der Waals surface area contributed by atoms with Crippen molar-refractivity contribution >= 4 is 0 Å². The number of ether oxygens (including phenoxy) is 2. The second-order valence-electron chi connectivity index (χ2n) is 4.86. The molecule has 0 aliphatic heterocycles. The lowest BCUT2D eigenvalue weighted by atomic mass is 10.1. The van der Waals surface area contributed by atoms with E-state index in [1.165, 1.54) is 0 Å². The van der Waals surface area contributed by atoms with Gasteiger partial charge >= 0.3 is 0 Å². The average Bonchev–Trinajstić information content (AvgIpc) is 3.05. The van der Waals surface area contributed by atoms with Crippen LogP contribution in [-0.2, 0) is 6.61 Å². The summed E-state index contributed by atoms with van der Waals surface area (Å²) in [5.41, 5.74) is 2.78. The van der Waals surface area contributed by atoms with Crippen molar-refractivity contribution in [1.29, 1.82) is 0 Å². The molecule has 0 radical (unpaired) electrons. The third-order valence-corrected chi connectivity index (χ3v) is 3.55. The fourth-order valence-corrected chi connectivity index (χ4v) is 2.45. The van der Waals surface area contributed by atoms with Crippen molar-refractivity contribution in [3.63, 3.8) is 0 Å². The number of hydrogen-bond donors (Lipinski definition) is 1. The van der Waals surface area contributed by atoms with Crippen molar-refractivity contribution in [2.24, 2.45) is 0 Å². The Morgan fingerprint density at radius 3 is 2.61 bits per heavy atom. The van der Waals surface area contributed by atoms with Crippen molar-refractivity contribution in [2.45, 2.75) is 6.61 Å². The molecule has 0 saturated heterocycles. The van der Waals surface area contributed by atoms with Gasteiger partial charge in [0.05, 0.1) is 26.5 Å². The van der Waals surface area contributed by atoms with Gasteiger partial charge in [0.2, 0.25) is 0 Å². The van der Waals surface area contributed by atoms with Crippen LogP contribution in [0.3, 0.4) is 0 Å². The van der Waals surface area contributed by atoms with Crippen LogP contribution in [-0.4, -0.2) is 34.3 Å². The minimum atomic E-state index is -0.211. The van der Waals surface area contributed by atoms with E-state index >= 15 is 0 Å². The summed E-state index contributed by atoms with van der Waals surface area (Å²) in [4.78, 5) is 0. The number of benzene rings is 2. The zero-order valence-electron chi connectivity index (χ0n) is 12.9. The summed E-state index contributed by atoms with van der Waals surface area (Å²) in [6.07, 6.45) is 0. The molecule has 0 aliphatic rings. The van der Waals surface area contributed by atoms with E-state index in [9.17, 15) is 5.11 Å². The number of nitrogens with zero attached hydrogens (tertiary/aromatic N) is 3. The molecule has 0 aliphatic carbocycles. The summed E-state index contributed by atoms with van der Waals surface area (Å²) in [5, 5.41) is 17.9. The third kappa shape index (κ3) is 2.76. The summed E-state index contributed by atoms with van der Waals surface area (Å²) in [7, 11) is 3.22. The molecule has 3 rings (SSSR count). The van der Waals surface area contributed by atoms with Crippen LogP contribution in [0.15, 0.2) is 48.5 Å². The number of aliphatic hydroxyl groups is 1. The standard InChI is InChI=1S/C17H17N3O3/c1-22-13-7-5-6-12(10-13)20-17(15(11-21)18-19-20)14-8-3-4-9-16(14)23-2/h3-10,21H,11H2,1-2H3. The first-order valence-electron chi connectivity index (χ1n) is 7.11. The summed E-state index contributed by atoms with van der Waals surface area (Å²) in [6.45, 7) is -0.211. The highest BCUT2D eigenvalue weighted by Crippen LogP contribution is 2.33. The van der Waals surface area contributed by atoms with Crippen LogP contribution in [0.2, 0.25) is 0 Å². The van der Waals surface area contributed by atoms with Gasteiger partial charge < -0.3 is 14.6 Å². The molecular weight excluding hydrogens is 294 g/mol. The molecule has 2 aromatic carbocycles. The monoisotopic (exact) mass is 311 g/mol. The van der Waals surface area contributed by atoms with Gasteiger partial charge in [0, 0.05) is 11.6 Å². The molecule has 1 N–H and O–H groups in total. The van der Waals surface area contributed by atoms with Crippen LogP contribution in [0.1, 0.15) is 5.69 Å². The maximum Gasteiger partial charge on any atom is 0.128 e. The Balaban J connectivity index is 2.22. The Hall–Kier alpha value is -2.86. The van der Waals surface area contributed by atoms with Crippen molar-refractivity contribution in [3.8, 4) is 28.4 Å². The maximum absolute atomic E-state index is 9.62. The van der Waals surface area contributed by atoms with E-state index in [1.54, 1.807) is 18.9 Å². The van der Waals surface area contributed by atoms with E-state index < -0.39 is 0 Å². The number of methoxy groups -OCH3 is 2. The number of rotatable bonds is 5. The second kappa shape index (κ2) is 6.50. The first kappa shape index (κ1) is 15.1. The van der Waals surface area contributed by atoms with E-state index in [4.69, 9.17) is 9.47 Å². The summed E-state index contributed by atoms with van der Waals surface area (Å²) in [6, 6.07) is 15.1. The topological polar surface area (TPSA) is 69.4 Å². The quantitative estimate of drug-likeness (QED) is 0.784. The number of aliphatic hydroxyl groups excluding tert-OH is 1. The fraction of sp³-hybridized carbons (Fsp3) is 0.176. The second-order valence-corrected chi connectivity index (χ2v) is 4.86. The summed E-state index contributed by atoms with van der Waals surface area (Å²) >= 11 is 0. The van der Waals surface area contributed by atoms with E-state index in [-0.39, 0.29) is 6.61 Å². The van der Waals surface area contributed by atoms with E-state index in [1.807, 2.05) is 48.5 Å². The Morgan fingerprint density at radius 2 is 1.87 bits per heavy atom. The summed E-state index contributed by atoms with van der Waals surface area (Å²) in [5.74, 6) is 1.41. The van der Waals surface area contributed by atoms with E-state index in [0.29, 0.717) is 17.1 Å². The van der Waals surface area contributed by atoms with Gasteiger partial charge in [-0.25, -0.2) is 4.68 Å². The van der Waals surface area contributed by atoms with Crippen LogP contribution in [0.25, 0.3) is 16.9 Å². The highest BCUT2D eigenvalue weighted by Gasteiger charge is 2.19. The Labute approximate surface area is 133 Å². The minimum absolute atomic E-state index is 0.211. The first-order chi connectivity index (χ1) is 11.3. The molecule has 6 nitrogen and oxygen atoms in total. The van der Waals surface area contributed by atoms with Gasteiger partial charge in [-0.05, 0) is 24.3 Å². The molecule has 6 heteroatoms. The average molecular weight is 311 g/mol. The molecule has 0 fully saturated rings. The van der Waals surface area contributed by atoms with Crippen LogP contribution >= 0.6 is 0 Å². The Bertz CT molecular complexity index is 814. The van der Waals surface area contributed by atoms with E-state index in [2.05, 4.69) is 10.3 Å². The van der Waals surface area contributed by atoms with Crippen molar-refractivity contribution in [1.82, 2.24) is 15.0 Å². The number of hydrogen-bond acceptors (Lipinski definition) is 5. The number of para-hydroxylation sites is 1. The molecule has 23 heavy (non-hydrogen) atoms. The predicted molar refractivity (Wildman–Crippen MR) is 85.8 cm³/mol. The first-order valence-corrected chi connectivity index (χ1v) is 7.11. The van der Waals surface area contributed by atoms with Gasteiger partial charge in [-0.3, -0.25) is 0 Å². The lowest BCUT2D eigenvalue weighted by Crippen LogP contribution is -2.02. The van der Waals surface area contributed by atoms with Gasteiger partial charge in [0.25, 0.3) is 0 Å². The zero-order valence-corrected chi connectivity index (χ0v) is 12.9. The molecule has 0 unspecified atom stereocenters. The molecule has 0 bridgehead atoms. The fourth-order valence-electron chi connectivity index (χ4n) is 2.45. The van der Waals surface area contributed by atoms with Gasteiger partial charge in [-0.2, -0.15) is 0 Å². The Morgan fingerprint density at radius 1 is 1.04 bits per heavy atom. The highest BCUT2D eigenvalue weighted by atomic mass is 16.5. The van der Waals surface area contributed by atoms with Gasteiger partial charge in [-0.15, -0.1) is 5.10 Å². The van der Waals surface area contributed by atoms with Crippen molar-refractivity contribution in [3.05, 3.63) is 54.2 Å². The van der Waals surface area contributed by atoms with Gasteiger partial charge in [0.15, 0.2) is 0 Å². The molecule has 0 spiro atoms. The van der Waals surface area contributed by atoms with E-state index in [0.717, 1.165) is 17.0 Å². The van der Waals surface area contributed by atoms with Crippen LogP contribution in [0, 0.1) is 0 Å². The largest absolute Gasteiger partial charge is 0.497 e. The predicted octanol–water partition coefficient (Wildman–Crippen LogP) is 2.44. The highest BCUT2D eigenvalue weighted by molar-refractivity contribution is 5.71. The maximum atomic E-state index is 9.62. The smallest absolute Gasteiger partial charge is 0.128 e. The van der Waals surface area contributed by atoms with Crippen molar-refractivity contribution in [2.75, 3.05) is 14.2 Å². The van der Waals surface area contributed by atoms with Crippen molar-refractivity contribution < 1.29 is 14.6 Å². The van der Waals surface area contributed by atoms with Crippen LogP contribution in [0.5, 0.6) is 11.5 Å². The summed E-state index contributed by atoms with van der Waals surface area (Å²) < 4.78 is 12.4. The van der Waals surface area contributed by atoms with Gasteiger partial charge in [-0.1, -0.05) is 23.4 Å². The van der Waals surface area contributed by atoms with Crippen LogP contribution in [0.4, 0.5) is 0 Å². The number of aromatic nitrogens is 3. The molecule has 3 aromatic rings. The molecule has 0 saturated carbocycles. The third-order valence-electron chi connectivity index (χ3n) is 3.55. The molecule has 1 heterocycles. The normalized spacial score (nSPS) is 10.6. The molecular formula is C17H17N3O3. The van der Waals surface area contributed by atoms with Crippen LogP contribution < -0.4 is 9.47 Å². The molecule has 1 aromatic heterocycles.